The van der Waals surface area contributed by atoms with E-state index in [4.69, 9.17) is 14.7 Å². The van der Waals surface area contributed by atoms with E-state index < -0.39 is 6.43 Å². The van der Waals surface area contributed by atoms with E-state index in [0.717, 1.165) is 25.9 Å². The average Bonchev–Trinajstić information content (AvgIpc) is 3.32. The number of morpholine rings is 1. The van der Waals surface area contributed by atoms with Crippen molar-refractivity contribution in [1.82, 2.24) is 24.4 Å². The molecule has 2 fully saturated rings. The standard InChI is InChI=1S/C26H35F2N7O/c1-3-33(2)19-10-8-18(9-11-19)17-29-26-31-22(34-12-14-36-15-13-34)16-23(32-26)35-21-7-5-4-6-20(21)30-25(35)24(27)28/h4-7,16,18-19,24H,3,8-15,17H2,1-2H3,(H,29,31,32)/t18-,19-. The Morgan fingerprint density at radius 1 is 1.06 bits per heavy atom. The highest BCUT2D eigenvalue weighted by Crippen LogP contribution is 2.30. The molecular formula is C26H35F2N7O. The van der Waals surface area contributed by atoms with Crippen molar-refractivity contribution in [2.24, 2.45) is 5.92 Å². The van der Waals surface area contributed by atoms with E-state index in [1.807, 2.05) is 6.07 Å². The van der Waals surface area contributed by atoms with Crippen molar-refractivity contribution >= 4 is 22.8 Å². The number of alkyl halides is 2. The van der Waals surface area contributed by atoms with Gasteiger partial charge in [-0.05, 0) is 57.3 Å². The fourth-order valence-electron chi connectivity index (χ4n) is 5.29. The molecule has 2 aliphatic rings. The Hall–Kier alpha value is -2.85. The van der Waals surface area contributed by atoms with Crippen LogP contribution in [-0.4, -0.2) is 76.9 Å². The number of fused-ring (bicyclic) bond motifs is 1. The lowest BCUT2D eigenvalue weighted by Gasteiger charge is -2.34. The summed E-state index contributed by atoms with van der Waals surface area (Å²) in [5, 5.41) is 3.44. The lowest BCUT2D eigenvalue weighted by atomic mass is 9.85. The summed E-state index contributed by atoms with van der Waals surface area (Å²) in [6.45, 7) is 6.63. The molecule has 3 aromatic rings. The average molecular weight is 500 g/mol. The first-order valence-electron chi connectivity index (χ1n) is 12.9. The molecule has 0 unspecified atom stereocenters. The Morgan fingerprint density at radius 3 is 2.50 bits per heavy atom. The first kappa shape index (κ1) is 24.8. The second-order valence-electron chi connectivity index (χ2n) is 9.73. The molecule has 1 saturated carbocycles. The van der Waals surface area contributed by atoms with Crippen LogP contribution >= 0.6 is 0 Å². The van der Waals surface area contributed by atoms with Crippen LogP contribution in [0.3, 0.4) is 0 Å². The van der Waals surface area contributed by atoms with E-state index in [1.165, 1.54) is 17.4 Å². The van der Waals surface area contributed by atoms with Gasteiger partial charge in [0.2, 0.25) is 5.95 Å². The van der Waals surface area contributed by atoms with Crippen LogP contribution < -0.4 is 10.2 Å². The first-order chi connectivity index (χ1) is 17.5. The van der Waals surface area contributed by atoms with Crippen molar-refractivity contribution in [2.75, 3.05) is 56.7 Å². The zero-order chi connectivity index (χ0) is 25.1. The minimum atomic E-state index is -2.73. The Morgan fingerprint density at radius 2 is 1.78 bits per heavy atom. The van der Waals surface area contributed by atoms with Gasteiger partial charge >= 0.3 is 0 Å². The lowest BCUT2D eigenvalue weighted by molar-refractivity contribution is 0.122. The summed E-state index contributed by atoms with van der Waals surface area (Å²) in [5.74, 6) is 1.78. The predicted molar refractivity (Wildman–Crippen MR) is 137 cm³/mol. The lowest BCUT2D eigenvalue weighted by Crippen LogP contribution is -2.37. The van der Waals surface area contributed by atoms with Gasteiger partial charge < -0.3 is 19.9 Å². The van der Waals surface area contributed by atoms with Crippen LogP contribution in [0.1, 0.15) is 44.9 Å². The van der Waals surface area contributed by atoms with Gasteiger partial charge in [-0.25, -0.2) is 13.8 Å². The molecule has 1 aromatic carbocycles. The van der Waals surface area contributed by atoms with E-state index in [9.17, 15) is 8.78 Å². The molecule has 3 heterocycles. The maximum Gasteiger partial charge on any atom is 0.296 e. The monoisotopic (exact) mass is 499 g/mol. The fourth-order valence-corrected chi connectivity index (χ4v) is 5.29. The van der Waals surface area contributed by atoms with Crippen LogP contribution in [0.4, 0.5) is 20.5 Å². The molecule has 0 radical (unpaired) electrons. The number of imidazole rings is 1. The largest absolute Gasteiger partial charge is 0.378 e. The summed E-state index contributed by atoms with van der Waals surface area (Å²) in [4.78, 5) is 18.2. The molecule has 0 amide bonds. The second kappa shape index (κ2) is 11.0. The number of ether oxygens (including phenoxy) is 1. The van der Waals surface area contributed by atoms with Crippen LogP contribution in [0.2, 0.25) is 0 Å². The van der Waals surface area contributed by atoms with E-state index in [0.29, 0.717) is 66.9 Å². The minimum absolute atomic E-state index is 0.313. The molecule has 1 aliphatic carbocycles. The van der Waals surface area contributed by atoms with Crippen LogP contribution in [0, 0.1) is 5.92 Å². The zero-order valence-corrected chi connectivity index (χ0v) is 21.0. The summed E-state index contributed by atoms with van der Waals surface area (Å²) in [7, 11) is 2.20. The number of nitrogens with zero attached hydrogens (tertiary/aromatic N) is 6. The smallest absolute Gasteiger partial charge is 0.296 e. The Balaban J connectivity index is 1.43. The number of hydrogen-bond donors (Lipinski definition) is 1. The molecule has 8 nitrogen and oxygen atoms in total. The highest BCUT2D eigenvalue weighted by molar-refractivity contribution is 5.78. The van der Waals surface area contributed by atoms with Gasteiger partial charge in [-0.3, -0.25) is 4.57 Å². The van der Waals surface area contributed by atoms with E-state index >= 15 is 0 Å². The summed E-state index contributed by atoms with van der Waals surface area (Å²) in [6, 6.07) is 9.60. The number of halogens is 2. The van der Waals surface area contributed by atoms with E-state index in [2.05, 4.69) is 34.1 Å². The molecule has 194 valence electrons. The van der Waals surface area contributed by atoms with Gasteiger partial charge in [0, 0.05) is 31.7 Å². The second-order valence-corrected chi connectivity index (χ2v) is 9.73. The van der Waals surface area contributed by atoms with Gasteiger partial charge in [0.15, 0.2) is 5.82 Å². The number of para-hydroxylation sites is 2. The summed E-state index contributed by atoms with van der Waals surface area (Å²) in [6.07, 6.45) is 1.96. The number of rotatable bonds is 8. The van der Waals surface area contributed by atoms with Gasteiger partial charge in [0.05, 0.1) is 24.2 Å². The van der Waals surface area contributed by atoms with Gasteiger partial charge in [0.25, 0.3) is 6.43 Å². The first-order valence-corrected chi connectivity index (χ1v) is 12.9. The van der Waals surface area contributed by atoms with Gasteiger partial charge in [-0.2, -0.15) is 9.97 Å². The van der Waals surface area contributed by atoms with Crippen molar-refractivity contribution in [3.8, 4) is 5.82 Å². The molecule has 36 heavy (non-hydrogen) atoms. The van der Waals surface area contributed by atoms with Gasteiger partial charge in [-0.1, -0.05) is 19.1 Å². The molecule has 10 heteroatoms. The molecule has 0 spiro atoms. The fraction of sp³-hybridized carbons (Fsp3) is 0.577. The number of aromatic nitrogens is 4. The van der Waals surface area contributed by atoms with Gasteiger partial charge in [0.1, 0.15) is 11.6 Å². The van der Waals surface area contributed by atoms with E-state index in [1.54, 1.807) is 24.3 Å². The number of anilines is 2. The van der Waals surface area contributed by atoms with Crippen LogP contribution in [-0.2, 0) is 4.74 Å². The van der Waals surface area contributed by atoms with Crippen molar-refractivity contribution in [1.29, 1.82) is 0 Å². The third kappa shape index (κ3) is 5.29. The highest BCUT2D eigenvalue weighted by Gasteiger charge is 2.25. The SMILES string of the molecule is CCN(C)[C@H]1CC[C@H](CNc2nc(N3CCOCC3)cc(-n3c(C(F)F)nc4ccccc43)n2)CC1. The Labute approximate surface area is 210 Å². The normalized spacial score (nSPS) is 21.0. The summed E-state index contributed by atoms with van der Waals surface area (Å²) < 4.78 is 35.0. The molecule has 5 rings (SSSR count). The molecule has 1 aliphatic heterocycles. The topological polar surface area (TPSA) is 71.3 Å². The number of nitrogens with one attached hydrogen (secondary N) is 1. The molecular weight excluding hydrogens is 464 g/mol. The number of benzene rings is 1. The predicted octanol–water partition coefficient (Wildman–Crippen LogP) is 4.51. The molecule has 1 saturated heterocycles. The maximum atomic E-state index is 14.0. The Kier molecular flexibility index (Phi) is 7.62. The third-order valence-electron chi connectivity index (χ3n) is 7.53. The summed E-state index contributed by atoms with van der Waals surface area (Å²) >= 11 is 0. The molecule has 1 N–H and O–H groups in total. The van der Waals surface area contributed by atoms with Crippen molar-refractivity contribution in [2.45, 2.75) is 45.1 Å². The van der Waals surface area contributed by atoms with Crippen LogP contribution in [0.25, 0.3) is 16.9 Å². The molecule has 0 bridgehead atoms. The van der Waals surface area contributed by atoms with Crippen molar-refractivity contribution < 1.29 is 13.5 Å². The maximum absolute atomic E-state index is 14.0. The van der Waals surface area contributed by atoms with E-state index in [-0.39, 0.29) is 5.82 Å². The molecule has 2 aromatic heterocycles. The van der Waals surface area contributed by atoms with Crippen molar-refractivity contribution in [3.05, 3.63) is 36.2 Å². The molecule has 0 atom stereocenters. The van der Waals surface area contributed by atoms with Gasteiger partial charge in [-0.15, -0.1) is 0 Å². The zero-order valence-electron chi connectivity index (χ0n) is 21.0. The third-order valence-corrected chi connectivity index (χ3v) is 7.53. The number of hydrogen-bond acceptors (Lipinski definition) is 7. The Bertz CT molecular complexity index is 1160. The summed E-state index contributed by atoms with van der Waals surface area (Å²) in [5.41, 5.74) is 1.12. The van der Waals surface area contributed by atoms with Crippen LogP contribution in [0.15, 0.2) is 30.3 Å². The van der Waals surface area contributed by atoms with Crippen LogP contribution in [0.5, 0.6) is 0 Å². The highest BCUT2D eigenvalue weighted by atomic mass is 19.3. The quantitative estimate of drug-likeness (QED) is 0.489. The van der Waals surface area contributed by atoms with Crippen molar-refractivity contribution in [3.63, 3.8) is 0 Å². The minimum Gasteiger partial charge on any atom is -0.378 e.